The van der Waals surface area contributed by atoms with E-state index < -0.39 is 5.97 Å². The molecule has 0 radical (unpaired) electrons. The second-order valence-corrected chi connectivity index (χ2v) is 5.72. The number of aryl methyl sites for hydroxylation is 1. The minimum Gasteiger partial charge on any atom is -0.493 e. The Balaban J connectivity index is 2.20. The lowest BCUT2D eigenvalue weighted by atomic mass is 10.1. The molecule has 0 saturated carbocycles. The summed E-state index contributed by atoms with van der Waals surface area (Å²) < 4.78 is 10.5. The van der Waals surface area contributed by atoms with Crippen LogP contribution in [0.5, 0.6) is 11.5 Å². The van der Waals surface area contributed by atoms with Crippen LogP contribution in [0.2, 0.25) is 0 Å². The first kappa shape index (κ1) is 15.3. The third kappa shape index (κ3) is 3.72. The first-order valence-corrected chi connectivity index (χ1v) is 7.23. The van der Waals surface area contributed by atoms with E-state index in [1.54, 1.807) is 14.2 Å². The summed E-state index contributed by atoms with van der Waals surface area (Å²) in [6, 6.07) is 5.72. The van der Waals surface area contributed by atoms with Gasteiger partial charge in [0.15, 0.2) is 11.5 Å². The fourth-order valence-corrected chi connectivity index (χ4v) is 3.13. The van der Waals surface area contributed by atoms with Gasteiger partial charge < -0.3 is 14.6 Å². The fraction of sp³-hybridized carbons (Fsp3) is 0.333. The predicted octanol–water partition coefficient (Wildman–Crippen LogP) is 2.69. The van der Waals surface area contributed by atoms with Gasteiger partial charge >= 0.3 is 5.97 Å². The van der Waals surface area contributed by atoms with Gasteiger partial charge in [0.1, 0.15) is 0 Å². The molecule has 6 heteroatoms. The van der Waals surface area contributed by atoms with Gasteiger partial charge in [-0.25, -0.2) is 4.98 Å². The van der Waals surface area contributed by atoms with E-state index in [2.05, 4.69) is 4.98 Å². The monoisotopic (exact) mass is 307 g/mol. The van der Waals surface area contributed by atoms with E-state index in [0.29, 0.717) is 17.9 Å². The van der Waals surface area contributed by atoms with Crippen molar-refractivity contribution in [2.45, 2.75) is 19.8 Å². The average Bonchev–Trinajstić information content (AvgIpc) is 2.77. The molecule has 0 unspecified atom stereocenters. The first-order chi connectivity index (χ1) is 10.0. The fourth-order valence-electron chi connectivity index (χ4n) is 2.03. The van der Waals surface area contributed by atoms with Crippen LogP contribution < -0.4 is 9.47 Å². The average molecular weight is 307 g/mol. The molecule has 1 heterocycles. The molecule has 1 aromatic heterocycles. The molecule has 2 rings (SSSR count). The molecule has 21 heavy (non-hydrogen) atoms. The minimum absolute atomic E-state index is 0.0232. The number of ether oxygens (including phenoxy) is 2. The van der Waals surface area contributed by atoms with Gasteiger partial charge in [0.2, 0.25) is 0 Å². The molecule has 1 aromatic carbocycles. The molecule has 2 aromatic rings. The van der Waals surface area contributed by atoms with Crippen molar-refractivity contribution >= 4 is 17.3 Å². The number of carboxylic acids is 1. The summed E-state index contributed by atoms with van der Waals surface area (Å²) in [6.45, 7) is 1.84. The summed E-state index contributed by atoms with van der Waals surface area (Å²) in [5.74, 6) is 0.525. The highest BCUT2D eigenvalue weighted by molar-refractivity contribution is 7.11. The summed E-state index contributed by atoms with van der Waals surface area (Å²) in [6.07, 6.45) is 0.668. The second-order valence-electron chi connectivity index (χ2n) is 4.55. The zero-order valence-electron chi connectivity index (χ0n) is 12.2. The minimum atomic E-state index is -0.834. The Kier molecular flexibility index (Phi) is 4.80. The van der Waals surface area contributed by atoms with Crippen LogP contribution in [-0.4, -0.2) is 30.3 Å². The lowest BCUT2D eigenvalue weighted by Crippen LogP contribution is -1.99. The van der Waals surface area contributed by atoms with E-state index in [4.69, 9.17) is 14.6 Å². The Bertz CT molecular complexity index is 651. The zero-order chi connectivity index (χ0) is 15.4. The predicted molar refractivity (Wildman–Crippen MR) is 80.5 cm³/mol. The number of thiazole rings is 1. The van der Waals surface area contributed by atoms with Gasteiger partial charge in [-0.1, -0.05) is 6.07 Å². The van der Waals surface area contributed by atoms with Crippen LogP contribution >= 0.6 is 11.3 Å². The summed E-state index contributed by atoms with van der Waals surface area (Å²) in [5, 5.41) is 9.76. The van der Waals surface area contributed by atoms with Crippen LogP contribution in [0.4, 0.5) is 0 Å². The highest BCUT2D eigenvalue weighted by Gasteiger charge is 2.12. The van der Waals surface area contributed by atoms with Gasteiger partial charge in [0, 0.05) is 11.3 Å². The van der Waals surface area contributed by atoms with Crippen molar-refractivity contribution in [2.24, 2.45) is 0 Å². The molecule has 0 aliphatic rings. The zero-order valence-corrected chi connectivity index (χ0v) is 13.0. The topological polar surface area (TPSA) is 68.7 Å². The van der Waals surface area contributed by atoms with Gasteiger partial charge in [-0.3, -0.25) is 4.79 Å². The van der Waals surface area contributed by atoms with Crippen LogP contribution in [0.3, 0.4) is 0 Å². The summed E-state index contributed by atoms with van der Waals surface area (Å²) in [4.78, 5) is 16.0. The van der Waals surface area contributed by atoms with Crippen LogP contribution in [0.1, 0.15) is 21.1 Å². The molecule has 0 atom stereocenters. The van der Waals surface area contributed by atoms with Crippen molar-refractivity contribution in [1.29, 1.82) is 0 Å². The molecule has 5 nitrogen and oxygen atoms in total. The second kappa shape index (κ2) is 6.58. The number of hydrogen-bond donors (Lipinski definition) is 1. The van der Waals surface area contributed by atoms with E-state index in [0.717, 1.165) is 21.1 Å². The van der Waals surface area contributed by atoms with Crippen LogP contribution in [0.25, 0.3) is 0 Å². The van der Waals surface area contributed by atoms with Crippen LogP contribution in [-0.2, 0) is 17.6 Å². The number of carboxylic acid groups (broad SMARTS) is 1. The van der Waals surface area contributed by atoms with Crippen molar-refractivity contribution in [1.82, 2.24) is 4.98 Å². The Morgan fingerprint density at radius 1 is 1.29 bits per heavy atom. The van der Waals surface area contributed by atoms with Crippen LogP contribution in [0, 0.1) is 6.92 Å². The number of carbonyl (C=O) groups is 1. The van der Waals surface area contributed by atoms with Gasteiger partial charge in [-0.2, -0.15) is 0 Å². The molecular weight excluding hydrogens is 290 g/mol. The molecule has 0 fully saturated rings. The lowest BCUT2D eigenvalue weighted by Gasteiger charge is -2.08. The number of aliphatic carboxylic acids is 1. The number of aromatic nitrogens is 1. The number of benzene rings is 1. The summed E-state index contributed by atoms with van der Waals surface area (Å²) >= 11 is 1.44. The Labute approximate surface area is 127 Å². The number of hydrogen-bond acceptors (Lipinski definition) is 5. The number of rotatable bonds is 6. The number of nitrogens with zero attached hydrogens (tertiary/aromatic N) is 1. The van der Waals surface area contributed by atoms with E-state index in [1.807, 2.05) is 25.1 Å². The number of methoxy groups -OCH3 is 2. The largest absolute Gasteiger partial charge is 0.493 e. The Hall–Kier alpha value is -2.08. The standard InChI is InChI=1S/C15H17NO4S/c1-9-13(8-15(17)18)21-14(16-9)7-10-4-5-11(19-2)12(6-10)20-3/h4-6H,7-8H2,1-3H3,(H,17,18). The quantitative estimate of drug-likeness (QED) is 0.888. The third-order valence-corrected chi connectivity index (χ3v) is 4.21. The van der Waals surface area contributed by atoms with Gasteiger partial charge in [-0.05, 0) is 24.6 Å². The lowest BCUT2D eigenvalue weighted by molar-refractivity contribution is -0.136. The van der Waals surface area contributed by atoms with Crippen molar-refractivity contribution in [3.05, 3.63) is 39.3 Å². The van der Waals surface area contributed by atoms with Gasteiger partial charge in [0.05, 0.1) is 31.3 Å². The molecule has 0 spiro atoms. The van der Waals surface area contributed by atoms with E-state index in [9.17, 15) is 4.79 Å². The third-order valence-electron chi connectivity index (χ3n) is 3.05. The molecule has 0 saturated heterocycles. The highest BCUT2D eigenvalue weighted by atomic mass is 32.1. The molecular formula is C15H17NO4S. The summed E-state index contributed by atoms with van der Waals surface area (Å²) in [5.41, 5.74) is 1.83. The maximum Gasteiger partial charge on any atom is 0.308 e. The SMILES string of the molecule is COc1ccc(Cc2nc(C)c(CC(=O)O)s2)cc1OC. The van der Waals surface area contributed by atoms with Crippen molar-refractivity contribution in [3.8, 4) is 11.5 Å². The normalized spacial score (nSPS) is 10.4. The summed E-state index contributed by atoms with van der Waals surface area (Å²) in [7, 11) is 3.19. The Morgan fingerprint density at radius 3 is 2.62 bits per heavy atom. The van der Waals surface area contributed by atoms with Crippen molar-refractivity contribution < 1.29 is 19.4 Å². The maximum atomic E-state index is 10.8. The maximum absolute atomic E-state index is 10.8. The van der Waals surface area contributed by atoms with E-state index in [-0.39, 0.29) is 6.42 Å². The highest BCUT2D eigenvalue weighted by Crippen LogP contribution is 2.29. The van der Waals surface area contributed by atoms with Gasteiger partial charge in [0.25, 0.3) is 0 Å². The van der Waals surface area contributed by atoms with Crippen molar-refractivity contribution in [2.75, 3.05) is 14.2 Å². The first-order valence-electron chi connectivity index (χ1n) is 6.41. The van der Waals surface area contributed by atoms with Gasteiger partial charge in [-0.15, -0.1) is 11.3 Å². The molecule has 0 bridgehead atoms. The van der Waals surface area contributed by atoms with Crippen molar-refractivity contribution in [3.63, 3.8) is 0 Å². The molecule has 112 valence electrons. The smallest absolute Gasteiger partial charge is 0.308 e. The van der Waals surface area contributed by atoms with Crippen LogP contribution in [0.15, 0.2) is 18.2 Å². The molecule has 1 N–H and O–H groups in total. The molecule has 0 aliphatic carbocycles. The molecule has 0 amide bonds. The Morgan fingerprint density at radius 2 is 2.00 bits per heavy atom. The van der Waals surface area contributed by atoms with E-state index >= 15 is 0 Å². The molecule has 0 aliphatic heterocycles. The van der Waals surface area contributed by atoms with E-state index in [1.165, 1.54) is 11.3 Å².